The number of hydrogen-bond acceptors (Lipinski definition) is 7. The molecule has 30 heavy (non-hydrogen) atoms. The third kappa shape index (κ3) is 11.8. The van der Waals surface area contributed by atoms with Crippen molar-refractivity contribution in [2.75, 3.05) is 6.54 Å². The Morgan fingerprint density at radius 1 is 0.867 bits per heavy atom. The van der Waals surface area contributed by atoms with E-state index in [1.807, 2.05) is 5.32 Å². The van der Waals surface area contributed by atoms with Crippen LogP contribution < -0.4 is 21.7 Å². The molecule has 0 spiro atoms. The average Bonchev–Trinajstić information content (AvgIpc) is 2.60. The molecule has 0 aromatic heterocycles. The van der Waals surface area contributed by atoms with Gasteiger partial charge in [-0.1, -0.05) is 13.8 Å². The number of nitrogens with one attached hydrogen (secondary N) is 3. The molecule has 0 fully saturated rings. The molecule has 3 atom stereocenters. The lowest BCUT2D eigenvalue weighted by Gasteiger charge is -2.20. The van der Waals surface area contributed by atoms with Crippen LogP contribution in [0.3, 0.4) is 0 Å². The Morgan fingerprint density at radius 2 is 1.43 bits per heavy atom. The number of carboxylic acid groups (broad SMARTS) is 3. The summed E-state index contributed by atoms with van der Waals surface area (Å²) in [6, 6.07) is -4.09. The Kier molecular flexibility index (Phi) is 13.8. The van der Waals surface area contributed by atoms with E-state index in [0.29, 0.717) is 0 Å². The molecule has 0 bridgehead atoms. The fourth-order valence-corrected chi connectivity index (χ4v) is 2.01. The van der Waals surface area contributed by atoms with Gasteiger partial charge in [0.15, 0.2) is 0 Å². The SMILES string of the molecule is CC(C)C(N)C(=O)NCC(=O)NC(CC(=O)O)C(=O)NC(CCC(=O)O)C(=O)O.Cl. The van der Waals surface area contributed by atoms with Crippen LogP contribution >= 0.6 is 12.4 Å². The summed E-state index contributed by atoms with van der Waals surface area (Å²) in [5.74, 6) is -7.08. The van der Waals surface area contributed by atoms with Crippen LogP contribution in [0.1, 0.15) is 33.1 Å². The van der Waals surface area contributed by atoms with E-state index in [1.165, 1.54) is 0 Å². The van der Waals surface area contributed by atoms with Crippen molar-refractivity contribution in [3.05, 3.63) is 0 Å². The van der Waals surface area contributed by atoms with E-state index in [1.54, 1.807) is 13.8 Å². The molecule has 0 saturated carbocycles. The van der Waals surface area contributed by atoms with Crippen LogP contribution in [0.4, 0.5) is 0 Å². The summed E-state index contributed by atoms with van der Waals surface area (Å²) in [5.41, 5.74) is 5.61. The van der Waals surface area contributed by atoms with Crippen molar-refractivity contribution in [1.29, 1.82) is 0 Å². The number of carbonyl (C=O) groups excluding carboxylic acids is 3. The number of carboxylic acids is 3. The molecule has 0 radical (unpaired) electrons. The quantitative estimate of drug-likeness (QED) is 0.160. The van der Waals surface area contributed by atoms with Gasteiger partial charge in [0.1, 0.15) is 12.1 Å². The normalized spacial score (nSPS) is 13.2. The number of halogens is 1. The van der Waals surface area contributed by atoms with Crippen molar-refractivity contribution in [3.8, 4) is 0 Å². The number of nitrogens with two attached hydrogens (primary N) is 1. The van der Waals surface area contributed by atoms with E-state index in [9.17, 15) is 28.8 Å². The summed E-state index contributed by atoms with van der Waals surface area (Å²) in [4.78, 5) is 68.5. The minimum Gasteiger partial charge on any atom is -0.481 e. The highest BCUT2D eigenvalue weighted by Gasteiger charge is 2.29. The molecule has 0 saturated heterocycles. The summed E-state index contributed by atoms with van der Waals surface area (Å²) < 4.78 is 0. The predicted octanol–water partition coefficient (Wildman–Crippen LogP) is -2.10. The van der Waals surface area contributed by atoms with E-state index in [4.69, 9.17) is 21.1 Å². The van der Waals surface area contributed by atoms with Gasteiger partial charge in [-0.2, -0.15) is 0 Å². The minimum absolute atomic E-state index is 0. The number of aliphatic carboxylic acids is 3. The molecule has 0 rings (SSSR count). The fraction of sp³-hybridized carbons (Fsp3) is 0.625. The highest BCUT2D eigenvalue weighted by molar-refractivity contribution is 5.94. The molecule has 0 heterocycles. The molecule has 0 aromatic rings. The summed E-state index contributed by atoms with van der Waals surface area (Å²) in [6.07, 6.45) is -1.84. The molecule has 14 heteroatoms. The van der Waals surface area contributed by atoms with Crippen molar-refractivity contribution in [2.45, 2.75) is 51.2 Å². The molecule has 3 unspecified atom stereocenters. The van der Waals surface area contributed by atoms with Crippen molar-refractivity contribution >= 4 is 48.0 Å². The average molecular weight is 455 g/mol. The molecule has 0 aliphatic carbocycles. The molecule has 3 amide bonds. The standard InChI is InChI=1S/C16H26N4O9.ClH/c1-7(2)13(17)15(27)18-6-10(21)19-9(5-12(24)25)14(26)20-8(16(28)29)3-4-11(22)23;/h7-9,13H,3-6,17H2,1-2H3,(H,18,27)(H,19,21)(H,20,26)(H,22,23)(H,24,25)(H,28,29);1H. The van der Waals surface area contributed by atoms with Crippen LogP contribution in [-0.4, -0.2) is 75.6 Å². The molecule has 13 nitrogen and oxygen atoms in total. The highest BCUT2D eigenvalue weighted by atomic mass is 35.5. The molecule has 0 aromatic carbocycles. The summed E-state index contributed by atoms with van der Waals surface area (Å²) in [5, 5.41) is 32.9. The van der Waals surface area contributed by atoms with Gasteiger partial charge in [0.2, 0.25) is 17.7 Å². The van der Waals surface area contributed by atoms with Crippen LogP contribution in [0, 0.1) is 5.92 Å². The number of rotatable bonds is 13. The monoisotopic (exact) mass is 454 g/mol. The Labute approximate surface area is 178 Å². The van der Waals surface area contributed by atoms with Crippen LogP contribution in [0.5, 0.6) is 0 Å². The first-order valence-electron chi connectivity index (χ1n) is 8.64. The van der Waals surface area contributed by atoms with Gasteiger partial charge in [0, 0.05) is 6.42 Å². The lowest BCUT2D eigenvalue weighted by Crippen LogP contribution is -2.54. The summed E-state index contributed by atoms with van der Waals surface area (Å²) in [6.45, 7) is 2.81. The van der Waals surface area contributed by atoms with Crippen molar-refractivity contribution < 1.29 is 44.1 Å². The maximum absolute atomic E-state index is 12.2. The van der Waals surface area contributed by atoms with E-state index in [2.05, 4.69) is 10.6 Å². The van der Waals surface area contributed by atoms with E-state index >= 15 is 0 Å². The number of hydrogen-bond donors (Lipinski definition) is 7. The van der Waals surface area contributed by atoms with E-state index in [-0.39, 0.29) is 18.3 Å². The zero-order valence-corrected chi connectivity index (χ0v) is 17.2. The zero-order chi connectivity index (χ0) is 22.7. The summed E-state index contributed by atoms with van der Waals surface area (Å²) in [7, 11) is 0. The van der Waals surface area contributed by atoms with Gasteiger partial charge in [-0.15, -0.1) is 12.4 Å². The fourth-order valence-electron chi connectivity index (χ4n) is 2.01. The number of carbonyl (C=O) groups is 6. The second kappa shape index (κ2) is 14.1. The molecule has 0 aliphatic heterocycles. The first-order valence-corrected chi connectivity index (χ1v) is 8.64. The Balaban J connectivity index is 0. The third-order valence-electron chi connectivity index (χ3n) is 3.74. The predicted molar refractivity (Wildman–Crippen MR) is 104 cm³/mol. The largest absolute Gasteiger partial charge is 0.481 e. The molecule has 172 valence electrons. The van der Waals surface area contributed by atoms with Gasteiger partial charge >= 0.3 is 17.9 Å². The topological polar surface area (TPSA) is 225 Å². The minimum atomic E-state index is -1.64. The second-order valence-corrected chi connectivity index (χ2v) is 6.54. The van der Waals surface area contributed by atoms with Crippen molar-refractivity contribution in [3.63, 3.8) is 0 Å². The number of amides is 3. The molecule has 0 aliphatic rings. The lowest BCUT2D eigenvalue weighted by atomic mass is 10.1. The van der Waals surface area contributed by atoms with Gasteiger partial charge in [-0.3, -0.25) is 24.0 Å². The van der Waals surface area contributed by atoms with Gasteiger partial charge in [-0.25, -0.2) is 4.79 Å². The smallest absolute Gasteiger partial charge is 0.326 e. The van der Waals surface area contributed by atoms with Crippen molar-refractivity contribution in [2.24, 2.45) is 11.7 Å². The third-order valence-corrected chi connectivity index (χ3v) is 3.74. The first kappa shape index (κ1) is 29.3. The van der Waals surface area contributed by atoms with Crippen LogP contribution in [-0.2, 0) is 28.8 Å². The lowest BCUT2D eigenvalue weighted by molar-refractivity contribution is -0.144. The Bertz CT molecular complexity index is 657. The second-order valence-electron chi connectivity index (χ2n) is 6.54. The van der Waals surface area contributed by atoms with Crippen LogP contribution in [0.2, 0.25) is 0 Å². The van der Waals surface area contributed by atoms with E-state index in [0.717, 1.165) is 0 Å². The maximum Gasteiger partial charge on any atom is 0.326 e. The first-order chi connectivity index (χ1) is 13.3. The van der Waals surface area contributed by atoms with Gasteiger partial charge in [0.25, 0.3) is 0 Å². The van der Waals surface area contributed by atoms with Gasteiger partial charge in [-0.05, 0) is 12.3 Å². The summed E-state index contributed by atoms with van der Waals surface area (Å²) >= 11 is 0. The van der Waals surface area contributed by atoms with Gasteiger partial charge in [0.05, 0.1) is 19.0 Å². The van der Waals surface area contributed by atoms with Crippen LogP contribution in [0.15, 0.2) is 0 Å². The molecule has 8 N–H and O–H groups in total. The van der Waals surface area contributed by atoms with Gasteiger partial charge < -0.3 is 37.0 Å². The molecular formula is C16H27ClN4O9. The van der Waals surface area contributed by atoms with Crippen LogP contribution in [0.25, 0.3) is 0 Å². The molecular weight excluding hydrogens is 428 g/mol. The Hall–Kier alpha value is -2.93. The zero-order valence-electron chi connectivity index (χ0n) is 16.4. The highest BCUT2D eigenvalue weighted by Crippen LogP contribution is 2.01. The van der Waals surface area contributed by atoms with E-state index < -0.39 is 79.6 Å². The van der Waals surface area contributed by atoms with Crippen molar-refractivity contribution in [1.82, 2.24) is 16.0 Å². The maximum atomic E-state index is 12.2. The Morgan fingerprint density at radius 3 is 1.87 bits per heavy atom.